The fraction of sp³-hybridized carbons (Fsp3) is 0.440. The summed E-state index contributed by atoms with van der Waals surface area (Å²) in [6, 6.07) is 11.1. The number of nitrogens with one attached hydrogen (secondary N) is 1. The molecule has 0 saturated carbocycles. The number of carbonyl (C=O) groups is 2. The highest BCUT2D eigenvalue weighted by atomic mass is 16.5. The van der Waals surface area contributed by atoms with Crippen LogP contribution in [0.4, 0.5) is 11.4 Å². The van der Waals surface area contributed by atoms with Gasteiger partial charge in [0.15, 0.2) is 17.6 Å². The SMILES string of the molecule is CCCCCN1C(=O)C(C)Oc2ccc(NC(=O)CCc3ccc(OC)c(OC)c3)cc21. The standard InChI is InChI=1S/C25H32N2O5/c1-5-6-7-14-27-20-16-19(10-12-21(20)32-17(2)25(27)29)26-24(28)13-9-18-8-11-22(30-3)23(15-18)31-4/h8,10-12,15-17H,5-7,9,13-14H2,1-4H3,(H,26,28). The number of rotatable bonds is 10. The van der Waals surface area contributed by atoms with Crippen molar-refractivity contribution in [3.05, 3.63) is 42.0 Å². The van der Waals surface area contributed by atoms with Crippen molar-refractivity contribution in [3.8, 4) is 17.2 Å². The lowest BCUT2D eigenvalue weighted by atomic mass is 10.1. The van der Waals surface area contributed by atoms with Gasteiger partial charge in [0.05, 0.1) is 19.9 Å². The van der Waals surface area contributed by atoms with Crippen molar-refractivity contribution in [3.63, 3.8) is 0 Å². The van der Waals surface area contributed by atoms with Crippen LogP contribution in [0.1, 0.15) is 45.1 Å². The maximum Gasteiger partial charge on any atom is 0.267 e. The number of anilines is 2. The predicted octanol–water partition coefficient (Wildman–Crippen LogP) is 4.58. The molecule has 1 unspecified atom stereocenters. The number of fused-ring (bicyclic) bond motifs is 1. The van der Waals surface area contributed by atoms with Gasteiger partial charge in [0.1, 0.15) is 5.75 Å². The summed E-state index contributed by atoms with van der Waals surface area (Å²) < 4.78 is 16.3. The lowest BCUT2D eigenvalue weighted by Gasteiger charge is -2.33. The molecule has 0 fully saturated rings. The molecular weight excluding hydrogens is 408 g/mol. The minimum atomic E-state index is -0.508. The number of hydrogen-bond acceptors (Lipinski definition) is 5. The Balaban J connectivity index is 1.66. The van der Waals surface area contributed by atoms with Crippen LogP contribution < -0.4 is 24.4 Å². The second-order valence-electron chi connectivity index (χ2n) is 7.88. The summed E-state index contributed by atoms with van der Waals surface area (Å²) in [5.41, 5.74) is 2.34. The number of methoxy groups -OCH3 is 2. The molecule has 0 radical (unpaired) electrons. The summed E-state index contributed by atoms with van der Waals surface area (Å²) in [6.07, 6.45) is 3.44. The first-order chi connectivity index (χ1) is 15.5. The van der Waals surface area contributed by atoms with Crippen LogP contribution in [0.15, 0.2) is 36.4 Å². The fourth-order valence-electron chi connectivity index (χ4n) is 3.75. The molecule has 0 aliphatic carbocycles. The van der Waals surface area contributed by atoms with Crippen LogP contribution in [0.25, 0.3) is 0 Å². The lowest BCUT2D eigenvalue weighted by Crippen LogP contribution is -2.44. The molecule has 2 amide bonds. The quantitative estimate of drug-likeness (QED) is 0.547. The molecule has 1 N–H and O–H groups in total. The topological polar surface area (TPSA) is 77.1 Å². The monoisotopic (exact) mass is 440 g/mol. The molecule has 0 saturated heterocycles. The Labute approximate surface area is 189 Å². The Bertz CT molecular complexity index is 959. The van der Waals surface area contributed by atoms with E-state index in [9.17, 15) is 9.59 Å². The average Bonchev–Trinajstić information content (AvgIpc) is 2.80. The van der Waals surface area contributed by atoms with E-state index < -0.39 is 6.10 Å². The van der Waals surface area contributed by atoms with E-state index in [2.05, 4.69) is 12.2 Å². The van der Waals surface area contributed by atoms with Crippen LogP contribution in [-0.2, 0) is 16.0 Å². The summed E-state index contributed by atoms with van der Waals surface area (Å²) in [7, 11) is 3.18. The summed E-state index contributed by atoms with van der Waals surface area (Å²) >= 11 is 0. The molecule has 1 atom stereocenters. The highest BCUT2D eigenvalue weighted by Gasteiger charge is 2.31. The Kier molecular flexibility index (Phi) is 7.98. The van der Waals surface area contributed by atoms with Crippen LogP contribution in [0.5, 0.6) is 17.2 Å². The molecule has 3 rings (SSSR count). The van der Waals surface area contributed by atoms with E-state index in [1.165, 1.54) is 0 Å². The minimum absolute atomic E-state index is 0.0504. The molecule has 0 bridgehead atoms. The third kappa shape index (κ3) is 5.52. The van der Waals surface area contributed by atoms with Gasteiger partial charge < -0.3 is 24.4 Å². The van der Waals surface area contributed by atoms with Crippen LogP contribution in [0.2, 0.25) is 0 Å². The molecule has 2 aromatic carbocycles. The molecule has 1 heterocycles. The molecule has 32 heavy (non-hydrogen) atoms. The van der Waals surface area contributed by atoms with E-state index in [-0.39, 0.29) is 11.8 Å². The Morgan fingerprint density at radius 3 is 2.59 bits per heavy atom. The highest BCUT2D eigenvalue weighted by Crippen LogP contribution is 2.36. The van der Waals surface area contributed by atoms with Crippen LogP contribution >= 0.6 is 0 Å². The zero-order valence-corrected chi connectivity index (χ0v) is 19.3. The maximum absolute atomic E-state index is 12.7. The van der Waals surface area contributed by atoms with Crippen LogP contribution in [-0.4, -0.2) is 38.7 Å². The summed E-state index contributed by atoms with van der Waals surface area (Å²) in [4.78, 5) is 27.0. The molecule has 0 aromatic heterocycles. The lowest BCUT2D eigenvalue weighted by molar-refractivity contribution is -0.125. The number of nitrogens with zero attached hydrogens (tertiary/aromatic N) is 1. The summed E-state index contributed by atoms with van der Waals surface area (Å²) in [6.45, 7) is 4.54. The van der Waals surface area contributed by atoms with Gasteiger partial charge in [-0.05, 0) is 55.7 Å². The first-order valence-corrected chi connectivity index (χ1v) is 11.1. The number of amides is 2. The van der Waals surface area contributed by atoms with Crippen LogP contribution in [0.3, 0.4) is 0 Å². The first-order valence-electron chi connectivity index (χ1n) is 11.1. The summed E-state index contributed by atoms with van der Waals surface area (Å²) in [5, 5.41) is 2.94. The van der Waals surface area contributed by atoms with E-state index in [1.807, 2.05) is 30.3 Å². The van der Waals surface area contributed by atoms with Gasteiger partial charge in [-0.25, -0.2) is 0 Å². The van der Waals surface area contributed by atoms with Gasteiger partial charge in [0.2, 0.25) is 5.91 Å². The molecular formula is C25H32N2O5. The number of hydrogen-bond donors (Lipinski definition) is 1. The number of benzene rings is 2. The van der Waals surface area contributed by atoms with Crippen molar-refractivity contribution in [1.82, 2.24) is 0 Å². The Hall–Kier alpha value is -3.22. The first kappa shape index (κ1) is 23.4. The highest BCUT2D eigenvalue weighted by molar-refractivity contribution is 6.01. The van der Waals surface area contributed by atoms with Gasteiger partial charge in [0.25, 0.3) is 5.91 Å². The number of carbonyl (C=O) groups excluding carboxylic acids is 2. The van der Waals surface area contributed by atoms with Crippen molar-refractivity contribution < 1.29 is 23.8 Å². The smallest absolute Gasteiger partial charge is 0.267 e. The molecule has 0 spiro atoms. The van der Waals surface area contributed by atoms with Gasteiger partial charge >= 0.3 is 0 Å². The van der Waals surface area contributed by atoms with E-state index in [0.29, 0.717) is 48.0 Å². The third-order valence-corrected chi connectivity index (χ3v) is 5.52. The van der Waals surface area contributed by atoms with Crippen molar-refractivity contribution in [2.75, 3.05) is 31.0 Å². The van der Waals surface area contributed by atoms with E-state index >= 15 is 0 Å². The van der Waals surface area contributed by atoms with Crippen molar-refractivity contribution in [2.45, 2.75) is 52.1 Å². The Morgan fingerprint density at radius 1 is 1.09 bits per heavy atom. The van der Waals surface area contributed by atoms with Crippen LogP contribution in [0, 0.1) is 0 Å². The minimum Gasteiger partial charge on any atom is -0.493 e. The second kappa shape index (κ2) is 10.9. The third-order valence-electron chi connectivity index (χ3n) is 5.52. The van der Waals surface area contributed by atoms with Gasteiger partial charge in [0, 0.05) is 18.7 Å². The fourth-order valence-corrected chi connectivity index (χ4v) is 3.75. The maximum atomic E-state index is 12.7. The summed E-state index contributed by atoms with van der Waals surface area (Å²) in [5.74, 6) is 1.81. The molecule has 1 aliphatic heterocycles. The second-order valence-corrected chi connectivity index (χ2v) is 7.88. The molecule has 7 nitrogen and oxygen atoms in total. The molecule has 7 heteroatoms. The van der Waals surface area contributed by atoms with Crippen molar-refractivity contribution in [1.29, 1.82) is 0 Å². The zero-order valence-electron chi connectivity index (χ0n) is 19.3. The van der Waals surface area contributed by atoms with Crippen molar-refractivity contribution >= 4 is 23.2 Å². The number of ether oxygens (including phenoxy) is 3. The van der Waals surface area contributed by atoms with E-state index in [1.54, 1.807) is 32.1 Å². The number of unbranched alkanes of at least 4 members (excludes halogenated alkanes) is 2. The molecule has 172 valence electrons. The zero-order chi connectivity index (χ0) is 23.1. The van der Waals surface area contributed by atoms with Gasteiger partial charge in [-0.2, -0.15) is 0 Å². The molecule has 2 aromatic rings. The molecule has 1 aliphatic rings. The van der Waals surface area contributed by atoms with Gasteiger partial charge in [-0.15, -0.1) is 0 Å². The largest absolute Gasteiger partial charge is 0.493 e. The van der Waals surface area contributed by atoms with Gasteiger partial charge in [-0.3, -0.25) is 9.59 Å². The average molecular weight is 441 g/mol. The van der Waals surface area contributed by atoms with E-state index in [4.69, 9.17) is 14.2 Å². The van der Waals surface area contributed by atoms with E-state index in [0.717, 1.165) is 24.8 Å². The number of aryl methyl sites for hydroxylation is 1. The normalized spacial score (nSPS) is 15.1. The van der Waals surface area contributed by atoms with Crippen molar-refractivity contribution in [2.24, 2.45) is 0 Å². The predicted molar refractivity (Wildman–Crippen MR) is 125 cm³/mol. The Morgan fingerprint density at radius 2 is 1.88 bits per heavy atom. The van der Waals surface area contributed by atoms with Gasteiger partial charge in [-0.1, -0.05) is 25.8 Å².